The van der Waals surface area contributed by atoms with Crippen LogP contribution in [0.3, 0.4) is 0 Å². The monoisotopic (exact) mass is 425 g/mol. The predicted molar refractivity (Wildman–Crippen MR) is 105 cm³/mol. The first kappa shape index (κ1) is 20.8. The lowest BCUT2D eigenvalue weighted by Crippen LogP contribution is -2.37. The van der Waals surface area contributed by atoms with Crippen LogP contribution in [-0.2, 0) is 32.2 Å². The number of hydrogen-bond acceptors (Lipinski definition) is 6. The van der Waals surface area contributed by atoms with E-state index in [4.69, 9.17) is 16.3 Å². The molecule has 5 nitrogen and oxygen atoms in total. The Morgan fingerprint density at radius 2 is 2.07 bits per heavy atom. The number of carbonyl (C=O) groups excluding carboxylic acids is 2. The highest BCUT2D eigenvalue weighted by atomic mass is 35.5. The number of benzene rings is 1. The standard InChI is InChI=1S/C20H21ClFNO4S/c1-2-26-19(24)15(20(25)27-22)11-17(14-5-3-4-6-16(14)21)23-9-7-18-13(12-23)8-10-28-18/h3-6,8,10,15,17H,2,7,9,11-12H2,1H3. The van der Waals surface area contributed by atoms with E-state index in [1.807, 2.05) is 18.2 Å². The van der Waals surface area contributed by atoms with E-state index < -0.39 is 17.9 Å². The largest absolute Gasteiger partial charge is 0.465 e. The molecule has 2 heterocycles. The van der Waals surface area contributed by atoms with Crippen LogP contribution in [0.25, 0.3) is 0 Å². The minimum absolute atomic E-state index is 0.0186. The summed E-state index contributed by atoms with van der Waals surface area (Å²) in [5.74, 6) is -3.41. The lowest BCUT2D eigenvalue weighted by atomic mass is 9.91. The number of nitrogens with zero attached hydrogens (tertiary/aromatic N) is 1. The first-order valence-electron chi connectivity index (χ1n) is 9.08. The van der Waals surface area contributed by atoms with Gasteiger partial charge in [0.15, 0.2) is 5.92 Å². The second-order valence-electron chi connectivity index (χ2n) is 6.56. The Labute approximate surface area is 171 Å². The molecule has 28 heavy (non-hydrogen) atoms. The van der Waals surface area contributed by atoms with Gasteiger partial charge in [-0.15, -0.1) is 11.3 Å². The average molecular weight is 426 g/mol. The van der Waals surface area contributed by atoms with Gasteiger partial charge in [-0.1, -0.05) is 29.8 Å². The predicted octanol–water partition coefficient (Wildman–Crippen LogP) is 4.50. The van der Waals surface area contributed by atoms with E-state index in [0.717, 1.165) is 18.5 Å². The third-order valence-corrected chi connectivity index (χ3v) is 6.30. The van der Waals surface area contributed by atoms with Gasteiger partial charge in [-0.2, -0.15) is 0 Å². The molecule has 1 aromatic carbocycles. The highest BCUT2D eigenvalue weighted by molar-refractivity contribution is 7.10. The summed E-state index contributed by atoms with van der Waals surface area (Å²) in [6, 6.07) is 9.00. The maximum Gasteiger partial charge on any atom is 0.363 e. The summed E-state index contributed by atoms with van der Waals surface area (Å²) >= 11 is 8.15. The third-order valence-electron chi connectivity index (χ3n) is 4.93. The lowest BCUT2D eigenvalue weighted by Gasteiger charge is -2.36. The minimum atomic E-state index is -1.37. The van der Waals surface area contributed by atoms with Crippen LogP contribution in [0.15, 0.2) is 35.7 Å². The van der Waals surface area contributed by atoms with Crippen molar-refractivity contribution < 1.29 is 23.8 Å². The second-order valence-corrected chi connectivity index (χ2v) is 7.97. The molecule has 150 valence electrons. The van der Waals surface area contributed by atoms with Gasteiger partial charge in [0, 0.05) is 33.6 Å². The Kier molecular flexibility index (Phi) is 7.04. The van der Waals surface area contributed by atoms with Crippen molar-refractivity contribution >= 4 is 34.9 Å². The zero-order chi connectivity index (χ0) is 20.1. The van der Waals surface area contributed by atoms with Crippen molar-refractivity contribution in [3.8, 4) is 0 Å². The fourth-order valence-electron chi connectivity index (χ4n) is 3.56. The Morgan fingerprint density at radius 3 is 2.79 bits per heavy atom. The van der Waals surface area contributed by atoms with Crippen molar-refractivity contribution in [1.29, 1.82) is 0 Å². The van der Waals surface area contributed by atoms with Gasteiger partial charge in [0.1, 0.15) is 0 Å². The van der Waals surface area contributed by atoms with Crippen LogP contribution < -0.4 is 0 Å². The molecule has 0 radical (unpaired) electrons. The molecule has 3 rings (SSSR count). The van der Waals surface area contributed by atoms with Crippen molar-refractivity contribution in [2.45, 2.75) is 32.4 Å². The summed E-state index contributed by atoms with van der Waals surface area (Å²) in [7, 11) is 0. The molecule has 8 heteroatoms. The maximum absolute atomic E-state index is 12.7. The molecule has 1 aliphatic rings. The van der Waals surface area contributed by atoms with Gasteiger partial charge < -0.3 is 4.74 Å². The SMILES string of the molecule is CCOC(=O)C(CC(c1ccccc1Cl)N1CCc2sccc2C1)C(=O)OF. The number of rotatable bonds is 7. The van der Waals surface area contributed by atoms with Crippen molar-refractivity contribution in [3.63, 3.8) is 0 Å². The van der Waals surface area contributed by atoms with E-state index in [9.17, 15) is 14.1 Å². The van der Waals surface area contributed by atoms with Gasteiger partial charge >= 0.3 is 11.9 Å². The molecule has 0 saturated carbocycles. The lowest BCUT2D eigenvalue weighted by molar-refractivity contribution is -0.193. The summed E-state index contributed by atoms with van der Waals surface area (Å²) in [5.41, 5.74) is 2.00. The third kappa shape index (κ3) is 4.54. The molecule has 1 aliphatic heterocycles. The van der Waals surface area contributed by atoms with E-state index in [2.05, 4.69) is 21.3 Å². The molecule has 0 aliphatic carbocycles. The molecule has 1 aromatic heterocycles. The first-order chi connectivity index (χ1) is 13.5. The molecule has 0 N–H and O–H groups in total. The number of ether oxygens (including phenoxy) is 1. The summed E-state index contributed by atoms with van der Waals surface area (Å²) in [5, 5.41) is 2.58. The van der Waals surface area contributed by atoms with Gasteiger partial charge in [0.25, 0.3) is 0 Å². The minimum Gasteiger partial charge on any atom is -0.465 e. The molecular formula is C20H21ClFNO4S. The molecule has 2 unspecified atom stereocenters. The normalized spacial score (nSPS) is 16.1. The van der Waals surface area contributed by atoms with Crippen molar-refractivity contribution in [1.82, 2.24) is 4.90 Å². The molecular weight excluding hydrogens is 405 g/mol. The molecule has 0 fully saturated rings. The summed E-state index contributed by atoms with van der Waals surface area (Å²) in [4.78, 5) is 31.1. The van der Waals surface area contributed by atoms with E-state index in [-0.39, 0.29) is 19.1 Å². The number of carbonyl (C=O) groups is 2. The maximum atomic E-state index is 12.7. The Morgan fingerprint density at radius 1 is 1.29 bits per heavy atom. The Hall–Kier alpha value is -1.96. The number of thiophene rings is 1. The van der Waals surface area contributed by atoms with Gasteiger partial charge in [0.2, 0.25) is 0 Å². The van der Waals surface area contributed by atoms with Crippen molar-refractivity contribution in [3.05, 3.63) is 56.7 Å². The number of esters is 1. The zero-order valence-corrected chi connectivity index (χ0v) is 17.0. The van der Waals surface area contributed by atoms with E-state index in [0.29, 0.717) is 11.6 Å². The van der Waals surface area contributed by atoms with Crippen LogP contribution in [0.4, 0.5) is 4.53 Å². The highest BCUT2D eigenvalue weighted by Gasteiger charge is 2.37. The smallest absolute Gasteiger partial charge is 0.363 e. The van der Waals surface area contributed by atoms with E-state index in [1.165, 1.54) is 10.4 Å². The van der Waals surface area contributed by atoms with Gasteiger partial charge in [-0.25, -0.2) is 4.79 Å². The Bertz CT molecular complexity index is 843. The summed E-state index contributed by atoms with van der Waals surface area (Å²) in [6.07, 6.45) is 0.885. The van der Waals surface area contributed by atoms with Gasteiger partial charge in [0.05, 0.1) is 6.61 Å². The van der Waals surface area contributed by atoms with Crippen LogP contribution >= 0.6 is 22.9 Å². The van der Waals surface area contributed by atoms with Gasteiger partial charge in [-0.05, 0) is 48.4 Å². The van der Waals surface area contributed by atoms with Crippen LogP contribution in [0.1, 0.15) is 35.4 Å². The van der Waals surface area contributed by atoms with Crippen molar-refractivity contribution in [2.75, 3.05) is 13.2 Å². The number of hydrogen-bond donors (Lipinski definition) is 0. The fourth-order valence-corrected chi connectivity index (χ4v) is 4.71. The van der Waals surface area contributed by atoms with Crippen LogP contribution in [0, 0.1) is 5.92 Å². The zero-order valence-electron chi connectivity index (χ0n) is 15.4. The van der Waals surface area contributed by atoms with Crippen LogP contribution in [-0.4, -0.2) is 30.0 Å². The van der Waals surface area contributed by atoms with E-state index >= 15 is 0 Å². The van der Waals surface area contributed by atoms with Crippen LogP contribution in [0.5, 0.6) is 0 Å². The molecule has 2 atom stereocenters. The molecule has 0 saturated heterocycles. The molecule has 0 spiro atoms. The van der Waals surface area contributed by atoms with Crippen LogP contribution in [0.2, 0.25) is 5.02 Å². The quantitative estimate of drug-likeness (QED) is 0.483. The average Bonchev–Trinajstić information content (AvgIpc) is 3.17. The van der Waals surface area contributed by atoms with Crippen molar-refractivity contribution in [2.24, 2.45) is 5.92 Å². The number of fused-ring (bicyclic) bond motifs is 1. The molecule has 0 amide bonds. The second kappa shape index (κ2) is 9.49. The highest BCUT2D eigenvalue weighted by Crippen LogP contribution is 2.37. The first-order valence-corrected chi connectivity index (χ1v) is 10.3. The van der Waals surface area contributed by atoms with Gasteiger partial charge in [-0.3, -0.25) is 14.6 Å². The summed E-state index contributed by atoms with van der Waals surface area (Å²) < 4.78 is 17.6. The fraction of sp³-hybridized carbons (Fsp3) is 0.400. The van der Waals surface area contributed by atoms with E-state index in [1.54, 1.807) is 24.3 Å². The Balaban J connectivity index is 1.93. The number of halogens is 2. The summed E-state index contributed by atoms with van der Waals surface area (Å²) in [6.45, 7) is 3.12. The molecule has 2 aromatic rings. The topological polar surface area (TPSA) is 55.8 Å². The molecule has 0 bridgehead atoms.